The van der Waals surface area contributed by atoms with E-state index in [4.69, 9.17) is 22.1 Å². The summed E-state index contributed by atoms with van der Waals surface area (Å²) in [5.41, 5.74) is 6.38. The minimum Gasteiger partial charge on any atom is -0.380 e. The molecule has 0 spiro atoms. The SMILES string of the molecule is COC(CN)CC(=O)Nc1ccc(Cl)cc1NC(C)=O.Cl. The Morgan fingerprint density at radius 1 is 1.33 bits per heavy atom. The van der Waals surface area contributed by atoms with Crippen LogP contribution in [0, 0.1) is 0 Å². The first-order chi connectivity index (χ1) is 9.46. The summed E-state index contributed by atoms with van der Waals surface area (Å²) in [6.07, 6.45) is -0.207. The Morgan fingerprint density at radius 3 is 2.52 bits per heavy atom. The Kier molecular flexibility index (Phi) is 8.96. The molecule has 0 aliphatic heterocycles. The van der Waals surface area contributed by atoms with Gasteiger partial charge < -0.3 is 21.1 Å². The molecule has 0 aliphatic carbocycles. The zero-order valence-corrected chi connectivity index (χ0v) is 13.4. The largest absolute Gasteiger partial charge is 0.380 e. The van der Waals surface area contributed by atoms with Gasteiger partial charge in [-0.2, -0.15) is 0 Å². The lowest BCUT2D eigenvalue weighted by Gasteiger charge is -2.15. The van der Waals surface area contributed by atoms with Gasteiger partial charge in [0.2, 0.25) is 11.8 Å². The quantitative estimate of drug-likeness (QED) is 0.741. The number of carbonyl (C=O) groups is 2. The lowest BCUT2D eigenvalue weighted by Crippen LogP contribution is -2.28. The van der Waals surface area contributed by atoms with Gasteiger partial charge in [-0.25, -0.2) is 0 Å². The molecule has 0 aromatic heterocycles. The molecule has 1 unspecified atom stereocenters. The van der Waals surface area contributed by atoms with E-state index < -0.39 is 0 Å². The molecule has 2 amide bonds. The highest BCUT2D eigenvalue weighted by Crippen LogP contribution is 2.26. The fourth-order valence-electron chi connectivity index (χ4n) is 1.59. The van der Waals surface area contributed by atoms with Crippen LogP contribution in [0.25, 0.3) is 0 Å². The molecule has 0 radical (unpaired) electrons. The Morgan fingerprint density at radius 2 is 2.00 bits per heavy atom. The second kappa shape index (κ2) is 9.57. The summed E-state index contributed by atoms with van der Waals surface area (Å²) in [5.74, 6) is -0.504. The van der Waals surface area contributed by atoms with Crippen LogP contribution in [0.1, 0.15) is 13.3 Å². The molecule has 0 saturated carbocycles. The third kappa shape index (κ3) is 6.77. The molecule has 0 aliphatic rings. The van der Waals surface area contributed by atoms with Crippen LogP contribution < -0.4 is 16.4 Å². The smallest absolute Gasteiger partial charge is 0.227 e. The standard InChI is InChI=1S/C13H18ClN3O3.ClH/c1-8(18)16-12-5-9(14)3-4-11(12)17-13(19)6-10(7-15)20-2;/h3-5,10H,6-7,15H2,1-2H3,(H,16,18)(H,17,19);1H. The number of hydrogen-bond donors (Lipinski definition) is 3. The van der Waals surface area contributed by atoms with E-state index in [0.717, 1.165) is 0 Å². The minimum absolute atomic E-state index is 0. The molecule has 1 rings (SSSR count). The number of rotatable bonds is 6. The molecule has 0 fully saturated rings. The highest BCUT2D eigenvalue weighted by Gasteiger charge is 2.13. The van der Waals surface area contributed by atoms with Crippen molar-refractivity contribution in [2.75, 3.05) is 24.3 Å². The van der Waals surface area contributed by atoms with Crippen LogP contribution in [0.3, 0.4) is 0 Å². The number of amides is 2. The van der Waals surface area contributed by atoms with Crippen molar-refractivity contribution >= 4 is 47.2 Å². The van der Waals surface area contributed by atoms with E-state index in [1.807, 2.05) is 0 Å². The lowest BCUT2D eigenvalue weighted by atomic mass is 10.2. The van der Waals surface area contributed by atoms with Crippen LogP contribution in [0.15, 0.2) is 18.2 Å². The maximum absolute atomic E-state index is 11.9. The molecule has 1 aromatic carbocycles. The molecule has 118 valence electrons. The maximum atomic E-state index is 11.9. The fourth-order valence-corrected chi connectivity index (χ4v) is 1.76. The molecule has 1 atom stereocenters. The average molecular weight is 336 g/mol. The van der Waals surface area contributed by atoms with E-state index in [0.29, 0.717) is 16.4 Å². The average Bonchev–Trinajstić information content (AvgIpc) is 2.38. The number of anilines is 2. The first-order valence-corrected chi connectivity index (χ1v) is 6.44. The molecule has 1 aromatic rings. The van der Waals surface area contributed by atoms with Gasteiger partial charge in [-0.05, 0) is 18.2 Å². The monoisotopic (exact) mass is 335 g/mol. The Labute approximate surface area is 134 Å². The number of nitrogens with two attached hydrogens (primary N) is 1. The third-order valence-electron chi connectivity index (χ3n) is 2.58. The van der Waals surface area contributed by atoms with Crippen molar-refractivity contribution in [2.24, 2.45) is 5.73 Å². The van der Waals surface area contributed by atoms with E-state index in [1.165, 1.54) is 14.0 Å². The molecule has 0 bridgehead atoms. The van der Waals surface area contributed by atoms with Gasteiger partial charge in [0, 0.05) is 25.6 Å². The van der Waals surface area contributed by atoms with Gasteiger partial charge in [0.15, 0.2) is 0 Å². The molecular weight excluding hydrogens is 317 g/mol. The van der Waals surface area contributed by atoms with E-state index in [1.54, 1.807) is 18.2 Å². The number of hydrogen-bond acceptors (Lipinski definition) is 4. The summed E-state index contributed by atoms with van der Waals surface area (Å²) in [7, 11) is 1.50. The number of carbonyl (C=O) groups excluding carboxylic acids is 2. The van der Waals surface area contributed by atoms with Crippen molar-refractivity contribution in [1.82, 2.24) is 0 Å². The molecule has 21 heavy (non-hydrogen) atoms. The van der Waals surface area contributed by atoms with Crippen molar-refractivity contribution in [1.29, 1.82) is 0 Å². The summed E-state index contributed by atoms with van der Waals surface area (Å²) in [6.45, 7) is 1.63. The number of halogens is 2. The Bertz CT molecular complexity index is 494. The van der Waals surface area contributed by atoms with Gasteiger partial charge in [0.1, 0.15) is 0 Å². The topological polar surface area (TPSA) is 93.4 Å². The molecule has 4 N–H and O–H groups in total. The number of benzene rings is 1. The summed E-state index contributed by atoms with van der Waals surface area (Å²) in [4.78, 5) is 23.0. The zero-order chi connectivity index (χ0) is 15.1. The lowest BCUT2D eigenvalue weighted by molar-refractivity contribution is -0.118. The van der Waals surface area contributed by atoms with Crippen LogP contribution in [0.5, 0.6) is 0 Å². The van der Waals surface area contributed by atoms with Crippen LogP contribution in [-0.4, -0.2) is 31.6 Å². The number of nitrogens with one attached hydrogen (secondary N) is 2. The minimum atomic E-state index is -0.341. The van der Waals surface area contributed by atoms with Crippen molar-refractivity contribution < 1.29 is 14.3 Å². The van der Waals surface area contributed by atoms with Crippen molar-refractivity contribution in [3.05, 3.63) is 23.2 Å². The van der Waals surface area contributed by atoms with E-state index in [9.17, 15) is 9.59 Å². The predicted octanol–water partition coefficient (Wildman–Crippen LogP) is 2.02. The van der Waals surface area contributed by atoms with Gasteiger partial charge in [0.25, 0.3) is 0 Å². The van der Waals surface area contributed by atoms with Gasteiger partial charge >= 0.3 is 0 Å². The highest BCUT2D eigenvalue weighted by molar-refractivity contribution is 6.31. The zero-order valence-electron chi connectivity index (χ0n) is 11.8. The van der Waals surface area contributed by atoms with Gasteiger partial charge in [-0.1, -0.05) is 11.6 Å². The summed E-state index contributed by atoms with van der Waals surface area (Å²) in [6, 6.07) is 4.81. The van der Waals surface area contributed by atoms with Crippen molar-refractivity contribution in [2.45, 2.75) is 19.4 Å². The summed E-state index contributed by atoms with van der Waals surface area (Å²) < 4.78 is 5.05. The Balaban J connectivity index is 0.00000400. The highest BCUT2D eigenvalue weighted by atomic mass is 35.5. The molecule has 6 nitrogen and oxygen atoms in total. The van der Waals surface area contributed by atoms with Gasteiger partial charge in [-0.15, -0.1) is 12.4 Å². The number of methoxy groups -OCH3 is 1. The summed E-state index contributed by atoms with van der Waals surface area (Å²) >= 11 is 5.87. The molecular formula is C13H19Cl2N3O3. The van der Waals surface area contributed by atoms with Gasteiger partial charge in [0.05, 0.1) is 23.9 Å². The van der Waals surface area contributed by atoms with E-state index >= 15 is 0 Å². The first-order valence-electron chi connectivity index (χ1n) is 6.06. The van der Waals surface area contributed by atoms with Crippen LogP contribution in [0.4, 0.5) is 11.4 Å². The van der Waals surface area contributed by atoms with Crippen molar-refractivity contribution in [3.8, 4) is 0 Å². The van der Waals surface area contributed by atoms with E-state index in [-0.39, 0.29) is 43.3 Å². The van der Waals surface area contributed by atoms with Crippen molar-refractivity contribution in [3.63, 3.8) is 0 Å². The van der Waals surface area contributed by atoms with Crippen LogP contribution in [0.2, 0.25) is 5.02 Å². The third-order valence-corrected chi connectivity index (χ3v) is 2.81. The molecule has 0 saturated heterocycles. The summed E-state index contributed by atoms with van der Waals surface area (Å²) in [5, 5.41) is 5.76. The second-order valence-corrected chi connectivity index (χ2v) is 4.65. The number of ether oxygens (including phenoxy) is 1. The Hall–Kier alpha value is -1.34. The second-order valence-electron chi connectivity index (χ2n) is 4.22. The molecule has 0 heterocycles. The molecule has 8 heteroatoms. The van der Waals surface area contributed by atoms with E-state index in [2.05, 4.69) is 10.6 Å². The normalized spacial score (nSPS) is 11.2. The maximum Gasteiger partial charge on any atom is 0.227 e. The van der Waals surface area contributed by atoms with Gasteiger partial charge in [-0.3, -0.25) is 9.59 Å². The predicted molar refractivity (Wildman–Crippen MR) is 86.1 cm³/mol. The van der Waals surface area contributed by atoms with Crippen LogP contribution in [-0.2, 0) is 14.3 Å². The first kappa shape index (κ1) is 19.7. The van der Waals surface area contributed by atoms with Crippen LogP contribution >= 0.6 is 24.0 Å². The fraction of sp³-hybridized carbons (Fsp3) is 0.385.